The Morgan fingerprint density at radius 2 is 1.85 bits per heavy atom. The van der Waals surface area contributed by atoms with Crippen molar-refractivity contribution in [2.75, 3.05) is 13.7 Å². The third kappa shape index (κ3) is 7.85. The molecule has 0 spiro atoms. The molecule has 0 saturated carbocycles. The summed E-state index contributed by atoms with van der Waals surface area (Å²) in [6.07, 6.45) is 1.73. The molecule has 0 radical (unpaired) electrons. The minimum Gasteiger partial charge on any atom is -0.493 e. The van der Waals surface area contributed by atoms with Crippen LogP contribution < -0.4 is 29.1 Å². The molecular weight excluding hydrogens is 889 g/mol. The van der Waals surface area contributed by atoms with Crippen molar-refractivity contribution in [1.29, 1.82) is 0 Å². The van der Waals surface area contributed by atoms with Crippen molar-refractivity contribution in [2.24, 2.45) is 4.99 Å². The lowest BCUT2D eigenvalue weighted by Crippen LogP contribution is -2.40. The highest BCUT2D eigenvalue weighted by molar-refractivity contribution is 14.1. The largest absolute Gasteiger partial charge is 0.493 e. The van der Waals surface area contributed by atoms with Crippen LogP contribution in [0.1, 0.15) is 50.4 Å². The summed E-state index contributed by atoms with van der Waals surface area (Å²) in [7, 11) is 1.55. The molecule has 0 unspecified atom stereocenters. The van der Waals surface area contributed by atoms with E-state index in [0.29, 0.717) is 47.9 Å². The van der Waals surface area contributed by atoms with E-state index in [2.05, 4.69) is 45.2 Å². The van der Waals surface area contributed by atoms with Crippen molar-refractivity contribution in [1.82, 2.24) is 4.57 Å². The number of halogens is 4. The van der Waals surface area contributed by atoms with Crippen LogP contribution in [0.4, 0.5) is 0 Å². The second-order valence-electron chi connectivity index (χ2n) is 10.7. The van der Waals surface area contributed by atoms with Crippen molar-refractivity contribution in [3.05, 3.63) is 113 Å². The van der Waals surface area contributed by atoms with Gasteiger partial charge in [0.1, 0.15) is 12.4 Å². The number of ether oxygens (including phenoxy) is 4. The summed E-state index contributed by atoms with van der Waals surface area (Å²) in [5.74, 6) is 1.11. The first kappa shape index (κ1) is 35.7. The van der Waals surface area contributed by atoms with Gasteiger partial charge < -0.3 is 18.9 Å². The summed E-state index contributed by atoms with van der Waals surface area (Å²) in [6.45, 7) is 7.76. The molecule has 47 heavy (non-hydrogen) atoms. The zero-order valence-electron chi connectivity index (χ0n) is 26.0. The number of nitrogens with zero attached hydrogens (tertiary/aromatic N) is 2. The molecule has 0 N–H and O–H groups in total. The molecule has 1 atom stereocenters. The minimum absolute atomic E-state index is 0.0772. The molecular formula is C34H30Cl2I2N2O6S. The van der Waals surface area contributed by atoms with Gasteiger partial charge in [0.25, 0.3) is 5.56 Å². The van der Waals surface area contributed by atoms with Crippen LogP contribution in [-0.2, 0) is 16.1 Å². The smallest absolute Gasteiger partial charge is 0.338 e. The van der Waals surface area contributed by atoms with E-state index in [9.17, 15) is 9.59 Å². The van der Waals surface area contributed by atoms with E-state index in [0.717, 1.165) is 18.3 Å². The summed E-state index contributed by atoms with van der Waals surface area (Å²) < 4.78 is 27.1. The first-order valence-corrected chi connectivity index (χ1v) is 18.2. The van der Waals surface area contributed by atoms with Gasteiger partial charge in [-0.05, 0) is 126 Å². The lowest BCUT2D eigenvalue weighted by Gasteiger charge is -2.25. The Labute approximate surface area is 313 Å². The maximum Gasteiger partial charge on any atom is 0.338 e. The molecule has 13 heteroatoms. The maximum atomic E-state index is 14.3. The highest BCUT2D eigenvalue weighted by Gasteiger charge is 2.34. The Balaban J connectivity index is 1.65. The molecule has 1 aliphatic heterocycles. The van der Waals surface area contributed by atoms with Crippen molar-refractivity contribution in [2.45, 2.75) is 46.4 Å². The van der Waals surface area contributed by atoms with Crippen LogP contribution in [0.5, 0.6) is 17.2 Å². The minimum atomic E-state index is -0.809. The van der Waals surface area contributed by atoms with Crippen molar-refractivity contribution in [3.63, 3.8) is 0 Å². The Bertz CT molecular complexity index is 2080. The number of benzene rings is 3. The van der Waals surface area contributed by atoms with Gasteiger partial charge in [-0.15, -0.1) is 0 Å². The molecule has 0 amide bonds. The van der Waals surface area contributed by atoms with Gasteiger partial charge >= 0.3 is 5.97 Å². The molecule has 3 aromatic carbocycles. The average Bonchev–Trinajstić information content (AvgIpc) is 3.31. The third-order valence-corrected chi connectivity index (χ3v) is 10.2. The summed E-state index contributed by atoms with van der Waals surface area (Å²) in [4.78, 5) is 32.8. The standard InChI is InChI=1S/C34H30Cl2I2N2O6S/c1-6-44-33(42)29-18(4)39-34-40(30(29)20-8-10-26(46-17(2)3)27(13-20)43-5)32(41)28(47-34)14-21-12-22(37)15-25(38)31(21)45-16-19-7-9-23(35)24(36)11-19/h7-15,17,30H,6,16H2,1-5H3/b28-14+/t30-/m0/s1. The van der Waals surface area contributed by atoms with E-state index in [4.69, 9.17) is 47.1 Å². The van der Waals surface area contributed by atoms with E-state index in [1.54, 1.807) is 55.9 Å². The molecule has 1 aromatic heterocycles. The number of carbonyl (C=O) groups excluding carboxylic acids is 1. The third-order valence-electron chi connectivity index (χ3n) is 7.07. The number of hydrogen-bond donors (Lipinski definition) is 0. The van der Waals surface area contributed by atoms with Gasteiger partial charge in [-0.2, -0.15) is 0 Å². The summed E-state index contributed by atoms with van der Waals surface area (Å²) >= 11 is 18.0. The number of hydrogen-bond acceptors (Lipinski definition) is 8. The lowest BCUT2D eigenvalue weighted by atomic mass is 9.95. The molecule has 0 bridgehead atoms. The van der Waals surface area contributed by atoms with Crippen LogP contribution in [0.2, 0.25) is 10.0 Å². The molecule has 0 saturated heterocycles. The fourth-order valence-electron chi connectivity index (χ4n) is 5.08. The topological polar surface area (TPSA) is 88.4 Å². The monoisotopic (exact) mass is 918 g/mol. The number of esters is 1. The number of allylic oxidation sites excluding steroid dienone is 1. The van der Waals surface area contributed by atoms with E-state index in [-0.39, 0.29) is 30.5 Å². The van der Waals surface area contributed by atoms with Crippen LogP contribution in [-0.4, -0.2) is 30.4 Å². The zero-order chi connectivity index (χ0) is 34.0. The molecule has 4 aromatic rings. The van der Waals surface area contributed by atoms with E-state index in [1.807, 2.05) is 38.1 Å². The predicted octanol–water partition coefficient (Wildman–Crippen LogP) is 7.69. The fourth-order valence-corrected chi connectivity index (χ4v) is 8.48. The van der Waals surface area contributed by atoms with Crippen molar-refractivity contribution < 1.29 is 23.7 Å². The quantitative estimate of drug-likeness (QED) is 0.120. The molecule has 0 fully saturated rings. The normalized spacial score (nSPS) is 14.6. The molecule has 1 aliphatic rings. The van der Waals surface area contributed by atoms with Gasteiger partial charge in [-0.25, -0.2) is 9.79 Å². The molecule has 246 valence electrons. The number of fused-ring (bicyclic) bond motifs is 1. The zero-order valence-corrected chi connectivity index (χ0v) is 32.7. The second-order valence-corrected chi connectivity index (χ2v) is 15.0. The van der Waals surface area contributed by atoms with Crippen LogP contribution in [0.25, 0.3) is 6.08 Å². The van der Waals surface area contributed by atoms with Crippen LogP contribution in [0, 0.1) is 7.14 Å². The van der Waals surface area contributed by atoms with Gasteiger partial charge in [-0.1, -0.05) is 46.7 Å². The highest BCUT2D eigenvalue weighted by atomic mass is 127. The van der Waals surface area contributed by atoms with E-state index < -0.39 is 12.0 Å². The Kier molecular flexibility index (Phi) is 11.6. The lowest BCUT2D eigenvalue weighted by molar-refractivity contribution is -0.139. The second kappa shape index (κ2) is 15.3. The first-order chi connectivity index (χ1) is 22.4. The van der Waals surface area contributed by atoms with E-state index >= 15 is 0 Å². The number of aromatic nitrogens is 1. The van der Waals surface area contributed by atoms with Crippen LogP contribution in [0.3, 0.4) is 0 Å². The summed E-state index contributed by atoms with van der Waals surface area (Å²) in [5.41, 5.74) is 2.66. The summed E-state index contributed by atoms with van der Waals surface area (Å²) in [5, 5.41) is 0.909. The highest BCUT2D eigenvalue weighted by Crippen LogP contribution is 2.37. The number of rotatable bonds is 10. The average molecular weight is 919 g/mol. The fraction of sp³-hybridized carbons (Fsp3) is 0.265. The van der Waals surface area contributed by atoms with Crippen LogP contribution in [0.15, 0.2) is 69.6 Å². The van der Waals surface area contributed by atoms with Gasteiger partial charge in [0.2, 0.25) is 0 Å². The first-order valence-electron chi connectivity index (χ1n) is 14.5. The number of carbonyl (C=O) groups is 1. The predicted molar refractivity (Wildman–Crippen MR) is 202 cm³/mol. The van der Waals surface area contributed by atoms with Crippen molar-refractivity contribution >= 4 is 91.8 Å². The van der Waals surface area contributed by atoms with Gasteiger partial charge in [-0.3, -0.25) is 9.36 Å². The maximum absolute atomic E-state index is 14.3. The van der Waals surface area contributed by atoms with Gasteiger partial charge in [0, 0.05) is 9.13 Å². The molecule has 8 nitrogen and oxygen atoms in total. The van der Waals surface area contributed by atoms with Crippen LogP contribution >= 0.6 is 79.7 Å². The van der Waals surface area contributed by atoms with E-state index in [1.165, 1.54) is 11.3 Å². The SMILES string of the molecule is CCOC(=O)C1=C(C)N=c2s/c(=C/c3cc(I)cc(I)c3OCc3ccc(Cl)c(Cl)c3)c(=O)n2[C@H]1c1ccc(OC(C)C)c(OC)c1. The van der Waals surface area contributed by atoms with Gasteiger partial charge in [0.05, 0.1) is 55.3 Å². The number of thiazole rings is 1. The van der Waals surface area contributed by atoms with Crippen molar-refractivity contribution in [3.8, 4) is 17.2 Å². The Morgan fingerprint density at radius 1 is 1.09 bits per heavy atom. The number of methoxy groups -OCH3 is 1. The summed E-state index contributed by atoms with van der Waals surface area (Å²) in [6, 6.07) is 13.9. The molecule has 2 heterocycles. The molecule has 0 aliphatic carbocycles. The Hall–Kier alpha value is -2.59. The molecule has 5 rings (SSSR count). The Morgan fingerprint density at radius 3 is 2.53 bits per heavy atom. The van der Waals surface area contributed by atoms with Gasteiger partial charge in [0.15, 0.2) is 16.3 Å².